The highest BCUT2D eigenvalue weighted by Crippen LogP contribution is 2.30. The molecule has 2 aromatic carbocycles. The molecule has 0 radical (unpaired) electrons. The summed E-state index contributed by atoms with van der Waals surface area (Å²) in [4.78, 5) is 11.5. The van der Waals surface area contributed by atoms with Crippen LogP contribution in [0.4, 0.5) is 5.69 Å². The predicted molar refractivity (Wildman–Crippen MR) is 127 cm³/mol. The molecule has 1 saturated heterocycles. The van der Waals surface area contributed by atoms with E-state index in [2.05, 4.69) is 10.6 Å². The van der Waals surface area contributed by atoms with Crippen LogP contribution in [0.15, 0.2) is 47.4 Å². The number of rotatable bonds is 8. The van der Waals surface area contributed by atoms with E-state index in [1.807, 2.05) is 0 Å². The summed E-state index contributed by atoms with van der Waals surface area (Å²) in [5.41, 5.74) is 1.01. The molecule has 3 rings (SSSR count). The monoisotopic (exact) mass is 497 g/mol. The van der Waals surface area contributed by atoms with Crippen LogP contribution in [-0.4, -0.2) is 49.1 Å². The van der Waals surface area contributed by atoms with Gasteiger partial charge >= 0.3 is 5.97 Å². The van der Waals surface area contributed by atoms with Crippen molar-refractivity contribution in [1.82, 2.24) is 9.62 Å². The van der Waals surface area contributed by atoms with Gasteiger partial charge in [0.1, 0.15) is 5.75 Å². The molecule has 3 N–H and O–H groups in total. The molecule has 0 bridgehead atoms. The summed E-state index contributed by atoms with van der Waals surface area (Å²) in [6.45, 7) is 0.987. The molecule has 0 amide bonds. The Hall–Kier alpha value is -2.40. The summed E-state index contributed by atoms with van der Waals surface area (Å²) in [6.07, 6.45) is 1.44. The van der Waals surface area contributed by atoms with Crippen molar-refractivity contribution in [1.29, 1.82) is 0 Å². The number of hydrogen-bond donors (Lipinski definition) is 3. The van der Waals surface area contributed by atoms with Gasteiger partial charge in [-0.2, -0.15) is 4.31 Å². The largest absolute Gasteiger partial charge is 0.495 e. The zero-order chi connectivity index (χ0) is 23.3. The number of nitrogens with one attached hydrogen (secondary N) is 2. The van der Waals surface area contributed by atoms with Gasteiger partial charge in [0, 0.05) is 18.1 Å². The number of benzene rings is 2. The SMILES string of the molecule is COc1ccc(S(=O)(=O)N2CCCC2)cc1NC(=S)N[C@@H](CC(=O)O)c1cccc(Cl)c1. The van der Waals surface area contributed by atoms with Crippen molar-refractivity contribution < 1.29 is 23.1 Å². The lowest BCUT2D eigenvalue weighted by Gasteiger charge is -2.22. The number of nitrogens with zero attached hydrogens (tertiary/aromatic N) is 1. The fourth-order valence-electron chi connectivity index (χ4n) is 3.49. The van der Waals surface area contributed by atoms with E-state index >= 15 is 0 Å². The Morgan fingerprint density at radius 2 is 1.97 bits per heavy atom. The number of carboxylic acids is 1. The van der Waals surface area contributed by atoms with Crippen molar-refractivity contribution >= 4 is 50.6 Å². The minimum atomic E-state index is -3.63. The molecule has 32 heavy (non-hydrogen) atoms. The summed E-state index contributed by atoms with van der Waals surface area (Å²) >= 11 is 11.4. The molecular formula is C21H24ClN3O5S2. The molecule has 1 aliphatic rings. The Kier molecular flexibility index (Phi) is 7.94. The quantitative estimate of drug-likeness (QED) is 0.474. The van der Waals surface area contributed by atoms with Gasteiger partial charge in [0.05, 0.1) is 30.2 Å². The molecule has 8 nitrogen and oxygen atoms in total. The van der Waals surface area contributed by atoms with Gasteiger partial charge in [-0.25, -0.2) is 8.42 Å². The lowest BCUT2D eigenvalue weighted by Crippen LogP contribution is -2.34. The first-order chi connectivity index (χ1) is 15.2. The number of ether oxygens (including phenoxy) is 1. The number of carboxylic acid groups (broad SMARTS) is 1. The van der Waals surface area contributed by atoms with Crippen LogP contribution in [0.2, 0.25) is 5.02 Å². The van der Waals surface area contributed by atoms with Crippen LogP contribution in [0.25, 0.3) is 0 Å². The average Bonchev–Trinajstić information content (AvgIpc) is 3.29. The lowest BCUT2D eigenvalue weighted by atomic mass is 10.0. The fraction of sp³-hybridized carbons (Fsp3) is 0.333. The molecule has 172 valence electrons. The number of methoxy groups -OCH3 is 1. The Morgan fingerprint density at radius 3 is 2.59 bits per heavy atom. The van der Waals surface area contributed by atoms with E-state index in [4.69, 9.17) is 28.6 Å². The zero-order valence-corrected chi connectivity index (χ0v) is 19.8. The Morgan fingerprint density at radius 1 is 1.25 bits per heavy atom. The van der Waals surface area contributed by atoms with Crippen molar-refractivity contribution in [2.45, 2.75) is 30.2 Å². The van der Waals surface area contributed by atoms with Gasteiger partial charge in [-0.15, -0.1) is 0 Å². The number of sulfonamides is 1. The number of aliphatic carboxylic acids is 1. The molecule has 1 heterocycles. The second-order valence-electron chi connectivity index (χ2n) is 7.28. The normalized spacial score (nSPS) is 15.2. The number of thiocarbonyl (C=S) groups is 1. The van der Waals surface area contributed by atoms with Crippen molar-refractivity contribution in [2.75, 3.05) is 25.5 Å². The van der Waals surface area contributed by atoms with Gasteiger partial charge in [0.25, 0.3) is 0 Å². The standard InChI is InChI=1S/C21H24ClN3O5S2/c1-30-19-8-7-16(32(28,29)25-9-2-3-10-25)12-18(19)24-21(31)23-17(13-20(26)27)14-5-4-6-15(22)11-14/h4-8,11-12,17H,2-3,9-10,13H2,1H3,(H,26,27)(H2,23,24,31)/t17-/m0/s1. The maximum Gasteiger partial charge on any atom is 0.305 e. The molecule has 0 unspecified atom stereocenters. The van der Waals surface area contributed by atoms with Crippen molar-refractivity contribution in [3.8, 4) is 5.75 Å². The maximum atomic E-state index is 12.9. The van der Waals surface area contributed by atoms with Gasteiger partial charge in [-0.1, -0.05) is 23.7 Å². The molecular weight excluding hydrogens is 474 g/mol. The summed E-state index contributed by atoms with van der Waals surface area (Å²) in [6, 6.07) is 10.7. The highest BCUT2D eigenvalue weighted by molar-refractivity contribution is 7.89. The van der Waals surface area contributed by atoms with Crippen LogP contribution in [0.3, 0.4) is 0 Å². The van der Waals surface area contributed by atoms with E-state index < -0.39 is 22.0 Å². The zero-order valence-electron chi connectivity index (χ0n) is 17.4. The van der Waals surface area contributed by atoms with Crippen LogP contribution in [0, 0.1) is 0 Å². The topological polar surface area (TPSA) is 108 Å². The maximum absolute atomic E-state index is 12.9. The molecule has 0 aromatic heterocycles. The van der Waals surface area contributed by atoms with E-state index in [-0.39, 0.29) is 16.4 Å². The third-order valence-corrected chi connectivity index (χ3v) is 7.41. The van der Waals surface area contributed by atoms with Gasteiger partial charge in [0.15, 0.2) is 5.11 Å². The van der Waals surface area contributed by atoms with E-state index in [0.29, 0.717) is 35.1 Å². The minimum absolute atomic E-state index is 0.116. The smallest absolute Gasteiger partial charge is 0.305 e. The molecule has 1 aliphatic heterocycles. The first kappa shape index (κ1) is 24.2. The predicted octanol–water partition coefficient (Wildman–Crippen LogP) is 3.64. The van der Waals surface area contributed by atoms with Crippen LogP contribution in [0.5, 0.6) is 5.75 Å². The van der Waals surface area contributed by atoms with Gasteiger partial charge in [-0.3, -0.25) is 4.79 Å². The molecule has 0 saturated carbocycles. The molecule has 0 spiro atoms. The number of carbonyl (C=O) groups is 1. The van der Waals surface area contributed by atoms with Crippen LogP contribution in [0.1, 0.15) is 30.9 Å². The van der Waals surface area contributed by atoms with E-state index in [1.54, 1.807) is 30.3 Å². The molecule has 1 atom stereocenters. The highest BCUT2D eigenvalue weighted by Gasteiger charge is 2.28. The van der Waals surface area contributed by atoms with Crippen LogP contribution >= 0.6 is 23.8 Å². The average molecular weight is 498 g/mol. The van der Waals surface area contributed by atoms with Gasteiger partial charge < -0.3 is 20.5 Å². The van der Waals surface area contributed by atoms with E-state index in [1.165, 1.54) is 23.5 Å². The van der Waals surface area contributed by atoms with Gasteiger partial charge in [0.2, 0.25) is 10.0 Å². The highest BCUT2D eigenvalue weighted by atomic mass is 35.5. The Bertz CT molecular complexity index is 1100. The molecule has 11 heteroatoms. The number of halogens is 1. The second-order valence-corrected chi connectivity index (χ2v) is 10.1. The third-order valence-electron chi connectivity index (χ3n) is 5.06. The Labute approximate surface area is 197 Å². The van der Waals surface area contributed by atoms with E-state index in [9.17, 15) is 18.3 Å². The van der Waals surface area contributed by atoms with Gasteiger partial charge in [-0.05, 0) is 61.0 Å². The summed E-state index contributed by atoms with van der Waals surface area (Å²) < 4.78 is 32.6. The number of hydrogen-bond acceptors (Lipinski definition) is 5. The van der Waals surface area contributed by atoms with Crippen molar-refractivity contribution in [3.63, 3.8) is 0 Å². The molecule has 1 fully saturated rings. The summed E-state index contributed by atoms with van der Waals surface area (Å²) in [5.74, 6) is -0.617. The van der Waals surface area contributed by atoms with Crippen molar-refractivity contribution in [2.24, 2.45) is 0 Å². The summed E-state index contributed by atoms with van der Waals surface area (Å²) in [5, 5.41) is 15.8. The van der Waals surface area contributed by atoms with Crippen molar-refractivity contribution in [3.05, 3.63) is 53.1 Å². The first-order valence-electron chi connectivity index (χ1n) is 9.93. The van der Waals surface area contributed by atoms with Crippen LogP contribution < -0.4 is 15.4 Å². The molecule has 0 aliphatic carbocycles. The Balaban J connectivity index is 1.82. The fourth-order valence-corrected chi connectivity index (χ4v) is 5.48. The summed E-state index contributed by atoms with van der Waals surface area (Å²) in [7, 11) is -2.16. The minimum Gasteiger partial charge on any atom is -0.495 e. The first-order valence-corrected chi connectivity index (χ1v) is 12.2. The van der Waals surface area contributed by atoms with Crippen LogP contribution in [-0.2, 0) is 14.8 Å². The van der Waals surface area contributed by atoms with E-state index in [0.717, 1.165) is 12.8 Å². The second kappa shape index (κ2) is 10.5. The lowest BCUT2D eigenvalue weighted by molar-refractivity contribution is -0.137. The molecule has 2 aromatic rings. The third kappa shape index (κ3) is 5.89. The number of anilines is 1.